The van der Waals surface area contributed by atoms with E-state index in [1.54, 1.807) is 10.9 Å². The van der Waals surface area contributed by atoms with Gasteiger partial charge in [0.15, 0.2) is 0 Å². The molecule has 0 aliphatic rings. The quantitative estimate of drug-likeness (QED) is 0.854. The highest BCUT2D eigenvalue weighted by Gasteiger charge is 2.07. The Hall–Kier alpha value is -2.14. The number of hydrogen-bond donors (Lipinski definition) is 2. The molecule has 5 heteroatoms. The third kappa shape index (κ3) is 3.45. The molecule has 0 radical (unpaired) electrons. The zero-order valence-corrected chi connectivity index (χ0v) is 11.9. The van der Waals surface area contributed by atoms with Crippen LogP contribution < -0.4 is 11.1 Å². The minimum atomic E-state index is 0.00810. The first-order valence-electron chi connectivity index (χ1n) is 6.62. The van der Waals surface area contributed by atoms with Crippen molar-refractivity contribution in [3.05, 3.63) is 52.8 Å². The number of amides is 1. The van der Waals surface area contributed by atoms with Crippen molar-refractivity contribution in [2.24, 2.45) is 12.8 Å². The Morgan fingerprint density at radius 1 is 1.30 bits per heavy atom. The molecule has 0 bridgehead atoms. The first kappa shape index (κ1) is 14.3. The third-order valence-electron chi connectivity index (χ3n) is 3.44. The average Bonchev–Trinajstić information content (AvgIpc) is 2.77. The van der Waals surface area contributed by atoms with E-state index in [0.29, 0.717) is 19.5 Å². The minimum Gasteiger partial charge on any atom is -0.352 e. The molecule has 1 heterocycles. The largest absolute Gasteiger partial charge is 0.352 e. The smallest absolute Gasteiger partial charge is 0.224 e. The van der Waals surface area contributed by atoms with Gasteiger partial charge in [0.2, 0.25) is 5.91 Å². The lowest BCUT2D eigenvalue weighted by molar-refractivity contribution is -0.120. The second-order valence-corrected chi connectivity index (χ2v) is 4.85. The second kappa shape index (κ2) is 6.34. The van der Waals surface area contributed by atoms with E-state index < -0.39 is 0 Å². The molecule has 0 saturated carbocycles. The molecule has 5 nitrogen and oxygen atoms in total. The number of rotatable bonds is 5. The summed E-state index contributed by atoms with van der Waals surface area (Å²) in [5.74, 6) is 0.00810. The summed E-state index contributed by atoms with van der Waals surface area (Å²) in [6, 6.07) is 7.79. The van der Waals surface area contributed by atoms with E-state index in [2.05, 4.69) is 10.4 Å². The standard InChI is InChI=1S/C15H20N4O/c1-11-14(10-18-19(11)2)9-17-15(20)7-12-3-5-13(8-16)6-4-12/h3-6,10H,7-9,16H2,1-2H3,(H,17,20). The Morgan fingerprint density at radius 3 is 2.50 bits per heavy atom. The molecule has 0 spiro atoms. The number of nitrogens with zero attached hydrogens (tertiary/aromatic N) is 2. The van der Waals surface area contributed by atoms with Gasteiger partial charge in [-0.25, -0.2) is 0 Å². The van der Waals surface area contributed by atoms with E-state index in [9.17, 15) is 4.79 Å². The van der Waals surface area contributed by atoms with Crippen LogP contribution in [-0.2, 0) is 31.4 Å². The number of aromatic nitrogens is 2. The number of nitrogens with one attached hydrogen (secondary N) is 1. The van der Waals surface area contributed by atoms with Gasteiger partial charge in [0.05, 0.1) is 12.6 Å². The molecule has 2 rings (SSSR count). The van der Waals surface area contributed by atoms with Gasteiger partial charge in [-0.05, 0) is 18.1 Å². The number of carbonyl (C=O) groups excluding carboxylic acids is 1. The highest BCUT2D eigenvalue weighted by molar-refractivity contribution is 5.78. The van der Waals surface area contributed by atoms with Crippen LogP contribution in [0.4, 0.5) is 0 Å². The zero-order chi connectivity index (χ0) is 14.5. The highest BCUT2D eigenvalue weighted by Crippen LogP contribution is 2.06. The summed E-state index contributed by atoms with van der Waals surface area (Å²) < 4.78 is 1.80. The topological polar surface area (TPSA) is 72.9 Å². The maximum Gasteiger partial charge on any atom is 0.224 e. The Bertz CT molecular complexity index is 586. The molecule has 0 atom stereocenters. The Balaban J connectivity index is 1.87. The van der Waals surface area contributed by atoms with Crippen LogP contribution in [0, 0.1) is 6.92 Å². The van der Waals surface area contributed by atoms with E-state index in [0.717, 1.165) is 22.4 Å². The molecular formula is C15H20N4O. The molecule has 1 aromatic carbocycles. The molecule has 3 N–H and O–H groups in total. The first-order valence-corrected chi connectivity index (χ1v) is 6.62. The van der Waals surface area contributed by atoms with Crippen molar-refractivity contribution in [2.75, 3.05) is 0 Å². The van der Waals surface area contributed by atoms with Crippen molar-refractivity contribution in [2.45, 2.75) is 26.4 Å². The van der Waals surface area contributed by atoms with E-state index in [-0.39, 0.29) is 5.91 Å². The Morgan fingerprint density at radius 2 is 1.95 bits per heavy atom. The number of nitrogens with two attached hydrogens (primary N) is 1. The molecule has 0 aliphatic heterocycles. The summed E-state index contributed by atoms with van der Waals surface area (Å²) in [6.45, 7) is 3.02. The normalized spacial score (nSPS) is 10.6. The molecule has 1 aromatic heterocycles. The molecule has 1 amide bonds. The fraction of sp³-hybridized carbons (Fsp3) is 0.333. The van der Waals surface area contributed by atoms with Gasteiger partial charge in [-0.1, -0.05) is 24.3 Å². The predicted molar refractivity (Wildman–Crippen MR) is 77.8 cm³/mol. The van der Waals surface area contributed by atoms with Gasteiger partial charge in [0.25, 0.3) is 0 Å². The van der Waals surface area contributed by atoms with Crippen molar-refractivity contribution in [3.8, 4) is 0 Å². The molecular weight excluding hydrogens is 252 g/mol. The van der Waals surface area contributed by atoms with Gasteiger partial charge < -0.3 is 11.1 Å². The summed E-state index contributed by atoms with van der Waals surface area (Å²) in [6.07, 6.45) is 2.16. The first-order chi connectivity index (χ1) is 9.60. The molecule has 0 saturated heterocycles. The van der Waals surface area contributed by atoms with Gasteiger partial charge in [-0.3, -0.25) is 9.48 Å². The van der Waals surface area contributed by atoms with Crippen molar-refractivity contribution < 1.29 is 4.79 Å². The zero-order valence-electron chi connectivity index (χ0n) is 11.9. The third-order valence-corrected chi connectivity index (χ3v) is 3.44. The van der Waals surface area contributed by atoms with Gasteiger partial charge in [0, 0.05) is 31.4 Å². The fourth-order valence-electron chi connectivity index (χ4n) is 1.95. The average molecular weight is 272 g/mol. The molecule has 0 fully saturated rings. The van der Waals surface area contributed by atoms with Crippen LogP contribution in [0.25, 0.3) is 0 Å². The maximum absolute atomic E-state index is 11.9. The fourth-order valence-corrected chi connectivity index (χ4v) is 1.95. The summed E-state index contributed by atoms with van der Waals surface area (Å²) in [7, 11) is 1.89. The second-order valence-electron chi connectivity index (χ2n) is 4.85. The summed E-state index contributed by atoms with van der Waals surface area (Å²) in [5.41, 5.74) is 9.71. The highest BCUT2D eigenvalue weighted by atomic mass is 16.1. The lowest BCUT2D eigenvalue weighted by Gasteiger charge is -2.06. The van der Waals surface area contributed by atoms with Gasteiger partial charge in [-0.2, -0.15) is 5.10 Å². The van der Waals surface area contributed by atoms with Gasteiger partial charge in [0.1, 0.15) is 0 Å². The number of aryl methyl sites for hydroxylation is 1. The molecule has 0 aliphatic carbocycles. The summed E-state index contributed by atoms with van der Waals surface area (Å²) in [4.78, 5) is 11.9. The molecule has 0 unspecified atom stereocenters. The van der Waals surface area contributed by atoms with Crippen molar-refractivity contribution >= 4 is 5.91 Å². The molecule has 20 heavy (non-hydrogen) atoms. The van der Waals surface area contributed by atoms with Crippen molar-refractivity contribution in [1.82, 2.24) is 15.1 Å². The van der Waals surface area contributed by atoms with Crippen LogP contribution in [0.2, 0.25) is 0 Å². The number of carbonyl (C=O) groups is 1. The van der Waals surface area contributed by atoms with E-state index >= 15 is 0 Å². The van der Waals surface area contributed by atoms with Crippen LogP contribution >= 0.6 is 0 Å². The minimum absolute atomic E-state index is 0.00810. The Labute approximate surface area is 118 Å². The van der Waals surface area contributed by atoms with E-state index in [1.807, 2.05) is 38.2 Å². The summed E-state index contributed by atoms with van der Waals surface area (Å²) >= 11 is 0. The van der Waals surface area contributed by atoms with Gasteiger partial charge >= 0.3 is 0 Å². The monoisotopic (exact) mass is 272 g/mol. The maximum atomic E-state index is 11.9. The molecule has 106 valence electrons. The predicted octanol–water partition coefficient (Wildman–Crippen LogP) is 1.05. The van der Waals surface area contributed by atoms with E-state index in [4.69, 9.17) is 5.73 Å². The van der Waals surface area contributed by atoms with Crippen LogP contribution in [0.1, 0.15) is 22.4 Å². The lowest BCUT2D eigenvalue weighted by Crippen LogP contribution is -2.24. The Kier molecular flexibility index (Phi) is 4.53. The SMILES string of the molecule is Cc1c(CNC(=O)Cc2ccc(CN)cc2)cnn1C. The number of hydrogen-bond acceptors (Lipinski definition) is 3. The van der Waals surface area contributed by atoms with Crippen LogP contribution in [0.15, 0.2) is 30.5 Å². The van der Waals surface area contributed by atoms with Crippen molar-refractivity contribution in [1.29, 1.82) is 0 Å². The molecule has 2 aromatic rings. The lowest BCUT2D eigenvalue weighted by atomic mass is 10.1. The van der Waals surface area contributed by atoms with Crippen LogP contribution in [-0.4, -0.2) is 15.7 Å². The van der Waals surface area contributed by atoms with Gasteiger partial charge in [-0.15, -0.1) is 0 Å². The summed E-state index contributed by atoms with van der Waals surface area (Å²) in [5, 5.41) is 7.06. The van der Waals surface area contributed by atoms with Crippen LogP contribution in [0.3, 0.4) is 0 Å². The van der Waals surface area contributed by atoms with Crippen molar-refractivity contribution in [3.63, 3.8) is 0 Å². The number of benzene rings is 1. The van der Waals surface area contributed by atoms with Crippen LogP contribution in [0.5, 0.6) is 0 Å². The van der Waals surface area contributed by atoms with E-state index in [1.165, 1.54) is 0 Å².